The number of benzene rings is 2. The molecule has 1 heterocycles. The smallest absolute Gasteiger partial charge is 0.444 e. The third kappa shape index (κ3) is 6.56. The molecule has 190 valence electrons. The van der Waals surface area contributed by atoms with Crippen LogP contribution in [0.2, 0.25) is 0 Å². The van der Waals surface area contributed by atoms with Crippen molar-refractivity contribution in [1.82, 2.24) is 4.90 Å². The predicted molar refractivity (Wildman–Crippen MR) is 140 cm³/mol. The van der Waals surface area contributed by atoms with Crippen LogP contribution in [0, 0.1) is 6.92 Å². The Labute approximate surface area is 209 Å². The molecule has 1 atom stereocenters. The Morgan fingerprint density at radius 1 is 1.09 bits per heavy atom. The zero-order valence-electron chi connectivity index (χ0n) is 22.3. The van der Waals surface area contributed by atoms with E-state index in [0.29, 0.717) is 18.3 Å². The molecular formula is C29H41N2O4+. The Kier molecular flexibility index (Phi) is 7.83. The summed E-state index contributed by atoms with van der Waals surface area (Å²) in [5.41, 5.74) is 3.51. The summed E-state index contributed by atoms with van der Waals surface area (Å²) in [6, 6.07) is 15.2. The summed E-state index contributed by atoms with van der Waals surface area (Å²) >= 11 is 0. The molecule has 35 heavy (non-hydrogen) atoms. The second kappa shape index (κ2) is 10.3. The SMILES string of the molecule is Cc1cc(CCCC2C[N+](Cc3ccc(C(C)(C)C)cc3)=C(O)N2C)ccc1OC(C)(C)C(=O)O. The summed E-state index contributed by atoms with van der Waals surface area (Å²) in [6.45, 7) is 13.2. The second-order valence-corrected chi connectivity index (χ2v) is 11.3. The molecule has 0 amide bonds. The zero-order valence-corrected chi connectivity index (χ0v) is 22.3. The van der Waals surface area contributed by atoms with Gasteiger partial charge in [0, 0.05) is 0 Å². The van der Waals surface area contributed by atoms with Crippen molar-refractivity contribution < 1.29 is 24.3 Å². The van der Waals surface area contributed by atoms with Crippen LogP contribution in [0.25, 0.3) is 0 Å². The normalized spacial score (nSPS) is 16.7. The molecular weight excluding hydrogens is 440 g/mol. The minimum Gasteiger partial charge on any atom is -0.478 e. The number of rotatable bonds is 9. The summed E-state index contributed by atoms with van der Waals surface area (Å²) in [4.78, 5) is 13.3. The fourth-order valence-electron chi connectivity index (χ4n) is 4.44. The van der Waals surface area contributed by atoms with Gasteiger partial charge in [-0.15, -0.1) is 0 Å². The second-order valence-electron chi connectivity index (χ2n) is 11.3. The fraction of sp³-hybridized carbons (Fsp3) is 0.517. The summed E-state index contributed by atoms with van der Waals surface area (Å²) in [5.74, 6) is -0.389. The van der Waals surface area contributed by atoms with Gasteiger partial charge >= 0.3 is 12.0 Å². The summed E-state index contributed by atoms with van der Waals surface area (Å²) in [7, 11) is 1.96. The number of aliphatic hydroxyl groups is 1. The number of aliphatic hydroxyl groups excluding tert-OH is 1. The molecule has 2 N–H and O–H groups in total. The molecule has 2 aromatic carbocycles. The molecule has 1 aliphatic rings. The molecule has 6 heteroatoms. The van der Waals surface area contributed by atoms with E-state index in [1.165, 1.54) is 16.7 Å². The molecule has 0 aliphatic carbocycles. The van der Waals surface area contributed by atoms with Gasteiger partial charge in [0.05, 0.1) is 7.05 Å². The number of hydrogen-bond acceptors (Lipinski definition) is 3. The molecule has 0 fully saturated rings. The van der Waals surface area contributed by atoms with Gasteiger partial charge < -0.3 is 14.9 Å². The van der Waals surface area contributed by atoms with Crippen molar-refractivity contribution in [3.63, 3.8) is 0 Å². The number of amidine groups is 1. The lowest BCUT2D eigenvalue weighted by Crippen LogP contribution is -2.38. The zero-order chi connectivity index (χ0) is 26.0. The van der Waals surface area contributed by atoms with E-state index in [4.69, 9.17) is 4.74 Å². The van der Waals surface area contributed by atoms with Crippen LogP contribution in [0.3, 0.4) is 0 Å². The lowest BCUT2D eigenvalue weighted by atomic mass is 9.87. The van der Waals surface area contributed by atoms with Crippen LogP contribution >= 0.6 is 0 Å². The number of aliphatic carboxylic acids is 1. The monoisotopic (exact) mass is 481 g/mol. The molecule has 0 aromatic heterocycles. The van der Waals surface area contributed by atoms with Gasteiger partial charge in [-0.2, -0.15) is 0 Å². The largest absolute Gasteiger partial charge is 0.478 e. The van der Waals surface area contributed by atoms with E-state index in [-0.39, 0.29) is 11.5 Å². The van der Waals surface area contributed by atoms with E-state index in [2.05, 4.69) is 55.7 Å². The van der Waals surface area contributed by atoms with Crippen LogP contribution in [0.1, 0.15) is 69.7 Å². The highest BCUT2D eigenvalue weighted by Gasteiger charge is 2.36. The van der Waals surface area contributed by atoms with Gasteiger partial charge in [0.15, 0.2) is 5.60 Å². The van der Waals surface area contributed by atoms with Crippen molar-refractivity contribution in [2.75, 3.05) is 13.6 Å². The van der Waals surface area contributed by atoms with Crippen molar-refractivity contribution in [2.24, 2.45) is 0 Å². The van der Waals surface area contributed by atoms with Gasteiger partial charge in [-0.25, -0.2) is 14.3 Å². The first-order valence-corrected chi connectivity index (χ1v) is 12.4. The van der Waals surface area contributed by atoms with Gasteiger partial charge in [-0.05, 0) is 73.8 Å². The maximum absolute atomic E-state index is 11.3. The van der Waals surface area contributed by atoms with E-state index in [1.54, 1.807) is 13.8 Å². The molecule has 0 bridgehead atoms. The van der Waals surface area contributed by atoms with Crippen LogP contribution in [-0.4, -0.2) is 56.9 Å². The summed E-state index contributed by atoms with van der Waals surface area (Å²) in [5, 5.41) is 20.0. The maximum atomic E-state index is 11.3. The van der Waals surface area contributed by atoms with Crippen molar-refractivity contribution in [3.05, 3.63) is 64.7 Å². The minimum atomic E-state index is -1.27. The first-order valence-electron chi connectivity index (χ1n) is 12.4. The predicted octanol–water partition coefficient (Wildman–Crippen LogP) is 5.30. The van der Waals surface area contributed by atoms with Gasteiger partial charge in [0.25, 0.3) is 0 Å². The van der Waals surface area contributed by atoms with Crippen LogP contribution in [0.5, 0.6) is 5.75 Å². The van der Waals surface area contributed by atoms with Crippen molar-refractivity contribution in [2.45, 2.75) is 84.4 Å². The number of likely N-dealkylation sites (N-methyl/N-ethyl adjacent to an activating group) is 1. The Bertz CT molecular complexity index is 1080. The number of carboxylic acid groups (broad SMARTS) is 1. The summed E-state index contributed by atoms with van der Waals surface area (Å²) in [6.07, 6.45) is 2.89. The highest BCUT2D eigenvalue weighted by molar-refractivity contribution is 5.76. The molecule has 0 saturated heterocycles. The Hall–Kier alpha value is -3.02. The van der Waals surface area contributed by atoms with Crippen molar-refractivity contribution >= 4 is 12.0 Å². The minimum absolute atomic E-state index is 0.132. The van der Waals surface area contributed by atoms with E-state index in [9.17, 15) is 15.0 Å². The topological polar surface area (TPSA) is 73.0 Å². The third-order valence-corrected chi connectivity index (χ3v) is 6.89. The average Bonchev–Trinajstić information content (AvgIpc) is 3.03. The standard InChI is InChI=1S/C29H40N2O4/c1-20-17-21(13-16-25(20)35-29(5,6)26(32)33)9-8-10-24-19-31(27(34)30(24)7)18-22-11-14-23(15-12-22)28(2,3)4/h11-17,24H,8-10,18-19H2,1-7H3,(H,32,33)/p+1. The quantitative estimate of drug-likeness (QED) is 0.476. The van der Waals surface area contributed by atoms with E-state index in [1.807, 2.05) is 31.0 Å². The molecule has 2 aromatic rings. The molecule has 1 unspecified atom stereocenters. The first-order chi connectivity index (χ1) is 16.3. The Morgan fingerprint density at radius 3 is 2.29 bits per heavy atom. The number of nitrogens with zero attached hydrogens (tertiary/aromatic N) is 2. The fourth-order valence-corrected chi connectivity index (χ4v) is 4.44. The Morgan fingerprint density at radius 2 is 1.71 bits per heavy atom. The van der Waals surface area contributed by atoms with Gasteiger partial charge in [0.1, 0.15) is 24.9 Å². The average molecular weight is 482 g/mol. The number of ether oxygens (including phenoxy) is 1. The van der Waals surface area contributed by atoms with Crippen LogP contribution in [0.15, 0.2) is 42.5 Å². The molecule has 1 aliphatic heterocycles. The van der Waals surface area contributed by atoms with Crippen LogP contribution in [-0.2, 0) is 23.2 Å². The molecule has 0 saturated carbocycles. The lowest BCUT2D eigenvalue weighted by Gasteiger charge is -2.23. The number of carboxylic acids is 1. The van der Waals surface area contributed by atoms with E-state index >= 15 is 0 Å². The lowest BCUT2D eigenvalue weighted by molar-refractivity contribution is -0.544. The van der Waals surface area contributed by atoms with Crippen LogP contribution < -0.4 is 4.74 Å². The molecule has 0 spiro atoms. The van der Waals surface area contributed by atoms with E-state index < -0.39 is 11.6 Å². The molecule has 3 rings (SSSR count). The maximum Gasteiger partial charge on any atom is 0.444 e. The first kappa shape index (κ1) is 26.6. The highest BCUT2D eigenvalue weighted by Crippen LogP contribution is 2.26. The number of aryl methyl sites for hydroxylation is 2. The summed E-state index contributed by atoms with van der Waals surface area (Å²) < 4.78 is 7.75. The van der Waals surface area contributed by atoms with E-state index in [0.717, 1.165) is 31.4 Å². The van der Waals surface area contributed by atoms with Gasteiger partial charge in [-0.3, -0.25) is 0 Å². The third-order valence-electron chi connectivity index (χ3n) is 6.89. The van der Waals surface area contributed by atoms with Gasteiger partial charge in [-0.1, -0.05) is 57.2 Å². The number of hydrogen-bond donors (Lipinski definition) is 2. The number of carbonyl (C=O) groups is 1. The van der Waals surface area contributed by atoms with Crippen molar-refractivity contribution in [1.29, 1.82) is 0 Å². The van der Waals surface area contributed by atoms with Crippen LogP contribution in [0.4, 0.5) is 0 Å². The highest BCUT2D eigenvalue weighted by atomic mass is 16.5. The van der Waals surface area contributed by atoms with Gasteiger partial charge in [0.2, 0.25) is 0 Å². The van der Waals surface area contributed by atoms with Crippen molar-refractivity contribution in [3.8, 4) is 5.75 Å². The molecule has 6 nitrogen and oxygen atoms in total. The Balaban J connectivity index is 1.53. The molecule has 0 radical (unpaired) electrons.